The second-order valence-corrected chi connectivity index (χ2v) is 5.42. The average Bonchev–Trinajstić information content (AvgIpc) is 2.30. The molecule has 3 heteroatoms. The molecule has 1 aromatic carbocycles. The number of carbonyl (C=O) groups is 1. The highest BCUT2D eigenvalue weighted by Gasteiger charge is 2.15. The van der Waals surface area contributed by atoms with E-state index in [9.17, 15) is 4.79 Å². The molecule has 2 nitrogen and oxygen atoms in total. The molecule has 0 aliphatic carbocycles. The Morgan fingerprint density at radius 1 is 1.31 bits per heavy atom. The predicted octanol–water partition coefficient (Wildman–Crippen LogP) is 3.41. The maximum absolute atomic E-state index is 10.5. The van der Waals surface area contributed by atoms with Crippen molar-refractivity contribution in [3.8, 4) is 0 Å². The van der Waals surface area contributed by atoms with Gasteiger partial charge in [-0.05, 0) is 32.4 Å². The molecule has 1 aromatic rings. The molecule has 0 N–H and O–H groups in total. The van der Waals surface area contributed by atoms with Crippen LogP contribution in [0.25, 0.3) is 0 Å². The van der Waals surface area contributed by atoms with Gasteiger partial charge >= 0.3 is 0 Å². The van der Waals surface area contributed by atoms with E-state index < -0.39 is 0 Å². The fourth-order valence-electron chi connectivity index (χ4n) is 1.16. The lowest BCUT2D eigenvalue weighted by Crippen LogP contribution is -2.22. The molecule has 0 unspecified atom stereocenters. The Hall–Kier alpha value is -0.800. The Morgan fingerprint density at radius 3 is 2.44 bits per heavy atom. The van der Waals surface area contributed by atoms with Crippen LogP contribution in [0.3, 0.4) is 0 Å². The summed E-state index contributed by atoms with van der Waals surface area (Å²) in [6.45, 7) is 4.17. The molecule has 0 fully saturated rings. The third-order valence-corrected chi connectivity index (χ3v) is 3.56. The molecule has 0 radical (unpaired) electrons. The normalized spacial score (nSPS) is 11.4. The summed E-state index contributed by atoms with van der Waals surface area (Å²) in [5.41, 5.74) is 0.664. The first-order valence-electron chi connectivity index (χ1n) is 5.30. The Labute approximate surface area is 101 Å². The molecule has 0 amide bonds. The lowest BCUT2D eigenvalue weighted by atomic mass is 10.1. The van der Waals surface area contributed by atoms with Crippen molar-refractivity contribution < 1.29 is 9.53 Å². The minimum atomic E-state index is -0.0598. The molecule has 0 aliphatic heterocycles. The number of methoxy groups -OCH3 is 1. The van der Waals surface area contributed by atoms with Gasteiger partial charge in [0.05, 0.1) is 5.60 Å². The first-order valence-corrected chi connectivity index (χ1v) is 6.29. The molecule has 0 saturated carbocycles. The molecule has 0 spiro atoms. The molecule has 0 heterocycles. The third kappa shape index (κ3) is 4.37. The van der Waals surface area contributed by atoms with Crippen molar-refractivity contribution in [1.82, 2.24) is 0 Å². The highest BCUT2D eigenvalue weighted by Crippen LogP contribution is 2.23. The number of hydrogen-bond donors (Lipinski definition) is 0. The Balaban J connectivity index is 2.40. The number of ether oxygens (including phenoxy) is 1. The van der Waals surface area contributed by atoms with Crippen LogP contribution in [0.5, 0.6) is 0 Å². The van der Waals surface area contributed by atoms with Crippen molar-refractivity contribution in [3.05, 3.63) is 29.8 Å². The zero-order chi connectivity index (χ0) is 12.0. The van der Waals surface area contributed by atoms with E-state index >= 15 is 0 Å². The van der Waals surface area contributed by atoms with Crippen LogP contribution in [0.1, 0.15) is 30.6 Å². The van der Waals surface area contributed by atoms with Crippen LogP contribution in [0, 0.1) is 0 Å². The van der Waals surface area contributed by atoms with E-state index in [1.807, 2.05) is 24.3 Å². The summed E-state index contributed by atoms with van der Waals surface area (Å²) in [4.78, 5) is 11.7. The highest BCUT2D eigenvalue weighted by atomic mass is 32.2. The first-order chi connectivity index (χ1) is 7.57. The van der Waals surface area contributed by atoms with Crippen LogP contribution < -0.4 is 0 Å². The second kappa shape index (κ2) is 6.06. The minimum absolute atomic E-state index is 0.0598. The molecule has 0 atom stereocenters. The third-order valence-electron chi connectivity index (χ3n) is 2.54. The van der Waals surface area contributed by atoms with E-state index in [1.165, 1.54) is 4.90 Å². The molecule has 0 saturated heterocycles. The van der Waals surface area contributed by atoms with Gasteiger partial charge in [-0.3, -0.25) is 4.79 Å². The Kier molecular flexibility index (Phi) is 5.03. The monoisotopic (exact) mass is 238 g/mol. The lowest BCUT2D eigenvalue weighted by molar-refractivity contribution is 0.0207. The van der Waals surface area contributed by atoms with Crippen LogP contribution >= 0.6 is 11.8 Å². The smallest absolute Gasteiger partial charge is 0.150 e. The van der Waals surface area contributed by atoms with Crippen molar-refractivity contribution in [2.24, 2.45) is 0 Å². The van der Waals surface area contributed by atoms with Gasteiger partial charge in [-0.2, -0.15) is 0 Å². The number of benzene rings is 1. The minimum Gasteiger partial charge on any atom is -0.379 e. The molecular formula is C13H18O2S. The highest BCUT2D eigenvalue weighted by molar-refractivity contribution is 7.99. The van der Waals surface area contributed by atoms with Gasteiger partial charge in [0.2, 0.25) is 0 Å². The summed E-state index contributed by atoms with van der Waals surface area (Å²) in [5.74, 6) is 1.02. The second-order valence-electron chi connectivity index (χ2n) is 4.25. The van der Waals surface area contributed by atoms with Crippen LogP contribution in [0.4, 0.5) is 0 Å². The molecule has 1 rings (SSSR count). The summed E-state index contributed by atoms with van der Waals surface area (Å²) in [5, 5.41) is 0. The van der Waals surface area contributed by atoms with Gasteiger partial charge in [0, 0.05) is 23.3 Å². The van der Waals surface area contributed by atoms with E-state index in [2.05, 4.69) is 13.8 Å². The maximum Gasteiger partial charge on any atom is 0.150 e. The number of thioether (sulfide) groups is 1. The van der Waals surface area contributed by atoms with Crippen molar-refractivity contribution in [2.45, 2.75) is 30.8 Å². The van der Waals surface area contributed by atoms with E-state index in [1.54, 1.807) is 18.9 Å². The number of aldehydes is 1. The molecule has 0 bridgehead atoms. The summed E-state index contributed by atoms with van der Waals surface area (Å²) in [7, 11) is 1.74. The predicted molar refractivity (Wildman–Crippen MR) is 68.3 cm³/mol. The number of carbonyl (C=O) groups excluding carboxylic acids is 1. The van der Waals surface area contributed by atoms with Gasteiger partial charge in [0.25, 0.3) is 0 Å². The van der Waals surface area contributed by atoms with Crippen molar-refractivity contribution >= 4 is 18.0 Å². The fourth-order valence-corrected chi connectivity index (χ4v) is 2.32. The van der Waals surface area contributed by atoms with Crippen LogP contribution in [0.2, 0.25) is 0 Å². The fraction of sp³-hybridized carbons (Fsp3) is 0.462. The van der Waals surface area contributed by atoms with Crippen molar-refractivity contribution in [2.75, 3.05) is 12.9 Å². The first kappa shape index (κ1) is 13.3. The van der Waals surface area contributed by atoms with Crippen molar-refractivity contribution in [3.63, 3.8) is 0 Å². The zero-order valence-electron chi connectivity index (χ0n) is 10.0. The van der Waals surface area contributed by atoms with Gasteiger partial charge in [-0.1, -0.05) is 12.1 Å². The maximum atomic E-state index is 10.5. The Morgan fingerprint density at radius 2 is 1.94 bits per heavy atom. The van der Waals surface area contributed by atoms with E-state index in [4.69, 9.17) is 4.74 Å². The van der Waals surface area contributed by atoms with Gasteiger partial charge < -0.3 is 4.74 Å². The summed E-state index contributed by atoms with van der Waals surface area (Å²) < 4.78 is 5.35. The molecule has 16 heavy (non-hydrogen) atoms. The molecule has 0 aromatic heterocycles. The zero-order valence-corrected chi connectivity index (χ0v) is 10.8. The lowest BCUT2D eigenvalue weighted by Gasteiger charge is -2.22. The molecular weight excluding hydrogens is 220 g/mol. The Bertz CT molecular complexity index is 330. The molecule has 0 aliphatic rings. The van der Waals surface area contributed by atoms with Gasteiger partial charge in [-0.15, -0.1) is 11.8 Å². The summed E-state index contributed by atoms with van der Waals surface area (Å²) >= 11 is 1.79. The van der Waals surface area contributed by atoms with Crippen LogP contribution in [-0.2, 0) is 4.74 Å². The molecule has 88 valence electrons. The number of rotatable bonds is 6. The largest absolute Gasteiger partial charge is 0.379 e. The van der Waals surface area contributed by atoms with Crippen molar-refractivity contribution in [1.29, 1.82) is 0 Å². The topological polar surface area (TPSA) is 26.3 Å². The average molecular weight is 238 g/mol. The van der Waals surface area contributed by atoms with Gasteiger partial charge in [-0.25, -0.2) is 0 Å². The van der Waals surface area contributed by atoms with Crippen LogP contribution in [-0.4, -0.2) is 24.7 Å². The number of hydrogen-bond acceptors (Lipinski definition) is 3. The standard InChI is InChI=1S/C13H18O2S/c1-13(2,15-3)8-9-16-12-6-4-11(10-14)5-7-12/h4-7,10H,8-9H2,1-3H3. The summed E-state index contributed by atoms with van der Waals surface area (Å²) in [6, 6.07) is 7.65. The van der Waals surface area contributed by atoms with Gasteiger partial charge in [0.15, 0.2) is 0 Å². The SMILES string of the molecule is COC(C)(C)CCSc1ccc(C=O)cc1. The van der Waals surface area contributed by atoms with E-state index in [-0.39, 0.29) is 5.60 Å². The van der Waals surface area contributed by atoms with Crippen LogP contribution in [0.15, 0.2) is 29.2 Å². The van der Waals surface area contributed by atoms with E-state index in [0.29, 0.717) is 0 Å². The van der Waals surface area contributed by atoms with E-state index in [0.717, 1.165) is 24.0 Å². The quantitative estimate of drug-likeness (QED) is 0.561. The summed E-state index contributed by atoms with van der Waals surface area (Å²) in [6.07, 6.45) is 1.87. The van der Waals surface area contributed by atoms with Gasteiger partial charge in [0.1, 0.15) is 6.29 Å².